The van der Waals surface area contributed by atoms with E-state index < -0.39 is 0 Å². The fraction of sp³-hybridized carbons (Fsp3) is 0.478. The van der Waals surface area contributed by atoms with Crippen LogP contribution in [-0.4, -0.2) is 47.8 Å². The standard InChI is InChI=1S/C23H27N3O4/c1-28-23(27)25-17-11-18-8-9-19(12-17)26(18)13-15-4-6-16(7-5-15)21-14-29-20-3-2-10-24-22(20)30-21/h2-7,10,17-19,21H,8-9,11-14H2,1H3,(H,25,27). The molecule has 3 unspecified atom stereocenters. The first-order valence-electron chi connectivity index (χ1n) is 10.6. The number of hydrogen-bond acceptors (Lipinski definition) is 6. The number of alkyl carbamates (subject to hydrolysis) is 1. The zero-order chi connectivity index (χ0) is 20.5. The Morgan fingerprint density at radius 2 is 1.97 bits per heavy atom. The van der Waals surface area contributed by atoms with Crippen molar-refractivity contribution in [2.24, 2.45) is 0 Å². The van der Waals surface area contributed by atoms with E-state index in [0.717, 1.165) is 24.9 Å². The zero-order valence-corrected chi connectivity index (χ0v) is 17.1. The third-order valence-electron chi connectivity index (χ3n) is 6.49. The van der Waals surface area contributed by atoms with Crippen molar-refractivity contribution in [3.63, 3.8) is 0 Å². The van der Waals surface area contributed by atoms with E-state index in [4.69, 9.17) is 14.2 Å². The van der Waals surface area contributed by atoms with Crippen LogP contribution in [0.25, 0.3) is 0 Å². The maximum atomic E-state index is 11.5. The number of nitrogens with one attached hydrogen (secondary N) is 1. The molecule has 2 aromatic rings. The lowest BCUT2D eigenvalue weighted by atomic mass is 9.96. The molecule has 158 valence electrons. The molecule has 0 radical (unpaired) electrons. The third kappa shape index (κ3) is 3.81. The molecule has 7 heteroatoms. The minimum atomic E-state index is -0.324. The molecule has 3 aliphatic rings. The minimum absolute atomic E-state index is 0.141. The van der Waals surface area contributed by atoms with Gasteiger partial charge in [0, 0.05) is 30.9 Å². The van der Waals surface area contributed by atoms with Crippen LogP contribution in [0.4, 0.5) is 4.79 Å². The fourth-order valence-corrected chi connectivity index (χ4v) is 5.00. The average Bonchev–Trinajstić information content (AvgIpc) is 3.01. The summed E-state index contributed by atoms with van der Waals surface area (Å²) in [4.78, 5) is 18.4. The lowest BCUT2D eigenvalue weighted by Gasteiger charge is -2.39. The Bertz CT molecular complexity index is 890. The van der Waals surface area contributed by atoms with Crippen LogP contribution >= 0.6 is 0 Å². The van der Waals surface area contributed by atoms with Gasteiger partial charge in [-0.2, -0.15) is 0 Å². The van der Waals surface area contributed by atoms with Gasteiger partial charge < -0.3 is 19.5 Å². The van der Waals surface area contributed by atoms with E-state index in [1.54, 1.807) is 6.20 Å². The molecular formula is C23H27N3O4. The van der Waals surface area contributed by atoms with Gasteiger partial charge >= 0.3 is 6.09 Å². The Kier molecular flexibility index (Phi) is 5.21. The number of carbonyl (C=O) groups excluding carboxylic acids is 1. The Hall–Kier alpha value is -2.80. The second kappa shape index (κ2) is 8.14. The highest BCUT2D eigenvalue weighted by Gasteiger charge is 2.41. The van der Waals surface area contributed by atoms with E-state index in [9.17, 15) is 4.79 Å². The summed E-state index contributed by atoms with van der Waals surface area (Å²) in [6.07, 6.45) is 5.62. The molecule has 3 atom stereocenters. The van der Waals surface area contributed by atoms with Gasteiger partial charge in [0.15, 0.2) is 11.9 Å². The summed E-state index contributed by atoms with van der Waals surface area (Å²) in [5.74, 6) is 1.25. The van der Waals surface area contributed by atoms with Crippen molar-refractivity contribution < 1.29 is 19.0 Å². The van der Waals surface area contributed by atoms with Crippen molar-refractivity contribution in [3.8, 4) is 11.6 Å². The van der Waals surface area contributed by atoms with Crippen molar-refractivity contribution in [1.29, 1.82) is 0 Å². The number of ether oxygens (including phenoxy) is 3. The summed E-state index contributed by atoms with van der Waals surface area (Å²) in [6.45, 7) is 1.43. The first-order chi connectivity index (χ1) is 14.7. The van der Waals surface area contributed by atoms with E-state index in [0.29, 0.717) is 30.3 Å². The number of piperidine rings is 1. The number of nitrogens with zero attached hydrogens (tertiary/aromatic N) is 2. The number of methoxy groups -OCH3 is 1. The Labute approximate surface area is 176 Å². The van der Waals surface area contributed by atoms with E-state index in [-0.39, 0.29) is 18.2 Å². The first-order valence-corrected chi connectivity index (χ1v) is 10.6. The molecule has 1 aromatic carbocycles. The number of aromatic nitrogens is 1. The molecule has 0 spiro atoms. The number of benzene rings is 1. The maximum Gasteiger partial charge on any atom is 0.407 e. The zero-order valence-electron chi connectivity index (χ0n) is 17.1. The van der Waals surface area contributed by atoms with Crippen LogP contribution in [0.5, 0.6) is 11.6 Å². The molecule has 2 saturated heterocycles. The number of fused-ring (bicyclic) bond motifs is 3. The summed E-state index contributed by atoms with van der Waals surface area (Å²) in [5, 5.41) is 2.99. The monoisotopic (exact) mass is 409 g/mol. The largest absolute Gasteiger partial charge is 0.484 e. The maximum absolute atomic E-state index is 11.5. The van der Waals surface area contributed by atoms with E-state index in [2.05, 4.69) is 39.5 Å². The molecule has 3 aliphatic heterocycles. The predicted octanol–water partition coefficient (Wildman–Crippen LogP) is 3.45. The fourth-order valence-electron chi connectivity index (χ4n) is 5.00. The second-order valence-electron chi connectivity index (χ2n) is 8.33. The first kappa shape index (κ1) is 19.2. The smallest absolute Gasteiger partial charge is 0.407 e. The minimum Gasteiger partial charge on any atom is -0.484 e. The quantitative estimate of drug-likeness (QED) is 0.834. The van der Waals surface area contributed by atoms with Crippen molar-refractivity contribution in [2.75, 3.05) is 13.7 Å². The summed E-state index contributed by atoms with van der Waals surface area (Å²) in [5.41, 5.74) is 2.39. The van der Waals surface area contributed by atoms with Gasteiger partial charge in [-0.3, -0.25) is 4.90 Å². The van der Waals surface area contributed by atoms with Crippen LogP contribution in [0.15, 0.2) is 42.6 Å². The number of carbonyl (C=O) groups is 1. The van der Waals surface area contributed by atoms with E-state index in [1.807, 2.05) is 12.1 Å². The highest BCUT2D eigenvalue weighted by molar-refractivity contribution is 5.67. The van der Waals surface area contributed by atoms with Crippen molar-refractivity contribution in [1.82, 2.24) is 15.2 Å². The van der Waals surface area contributed by atoms with Crippen molar-refractivity contribution >= 4 is 6.09 Å². The Morgan fingerprint density at radius 3 is 2.70 bits per heavy atom. The van der Waals surface area contributed by atoms with Crippen LogP contribution in [0.2, 0.25) is 0 Å². The molecule has 2 bridgehead atoms. The van der Waals surface area contributed by atoms with Gasteiger partial charge in [0.1, 0.15) is 6.61 Å². The topological polar surface area (TPSA) is 72.9 Å². The molecule has 0 saturated carbocycles. The summed E-state index contributed by atoms with van der Waals surface area (Å²) < 4.78 is 16.6. The van der Waals surface area contributed by atoms with Crippen LogP contribution < -0.4 is 14.8 Å². The number of amides is 1. The number of rotatable bonds is 4. The molecule has 1 aromatic heterocycles. The Morgan fingerprint density at radius 1 is 1.20 bits per heavy atom. The van der Waals surface area contributed by atoms with Crippen LogP contribution in [0.3, 0.4) is 0 Å². The van der Waals surface area contributed by atoms with Gasteiger partial charge in [0.2, 0.25) is 0 Å². The van der Waals surface area contributed by atoms with E-state index >= 15 is 0 Å². The number of hydrogen-bond donors (Lipinski definition) is 1. The Balaban J connectivity index is 1.21. The molecule has 1 N–H and O–H groups in total. The molecule has 2 fully saturated rings. The van der Waals surface area contributed by atoms with Gasteiger partial charge in [0.25, 0.3) is 5.88 Å². The molecule has 7 nitrogen and oxygen atoms in total. The molecule has 4 heterocycles. The molecular weight excluding hydrogens is 382 g/mol. The second-order valence-corrected chi connectivity index (χ2v) is 8.33. The molecule has 30 heavy (non-hydrogen) atoms. The molecule has 5 rings (SSSR count). The normalized spacial score (nSPS) is 27.5. The SMILES string of the molecule is COC(=O)NC1CC2CCC(C1)N2Cc1ccc(C2COc3cccnc3O2)cc1. The lowest BCUT2D eigenvalue weighted by Crippen LogP contribution is -2.49. The van der Waals surface area contributed by atoms with Crippen molar-refractivity contribution in [2.45, 2.75) is 56.5 Å². The predicted molar refractivity (Wildman–Crippen MR) is 110 cm³/mol. The van der Waals surface area contributed by atoms with Gasteiger partial charge in [-0.15, -0.1) is 0 Å². The lowest BCUT2D eigenvalue weighted by molar-refractivity contribution is 0.0850. The van der Waals surface area contributed by atoms with Crippen molar-refractivity contribution in [3.05, 3.63) is 53.7 Å². The van der Waals surface area contributed by atoms with Gasteiger partial charge in [-0.1, -0.05) is 24.3 Å². The summed E-state index contributed by atoms with van der Waals surface area (Å²) in [7, 11) is 1.42. The number of pyridine rings is 1. The average molecular weight is 409 g/mol. The van der Waals surface area contributed by atoms with Crippen LogP contribution in [0.1, 0.15) is 42.9 Å². The van der Waals surface area contributed by atoms with Gasteiger partial charge in [-0.25, -0.2) is 9.78 Å². The highest BCUT2D eigenvalue weighted by atomic mass is 16.6. The summed E-state index contributed by atoms with van der Waals surface area (Å²) in [6, 6.07) is 13.6. The molecule has 1 amide bonds. The summed E-state index contributed by atoms with van der Waals surface area (Å²) >= 11 is 0. The van der Waals surface area contributed by atoms with Gasteiger partial charge in [0.05, 0.1) is 7.11 Å². The molecule has 0 aliphatic carbocycles. The third-order valence-corrected chi connectivity index (χ3v) is 6.49. The highest BCUT2D eigenvalue weighted by Crippen LogP contribution is 2.37. The van der Waals surface area contributed by atoms with E-state index in [1.165, 1.54) is 25.5 Å². The van der Waals surface area contributed by atoms with Crippen LogP contribution in [0, 0.1) is 0 Å². The van der Waals surface area contributed by atoms with Crippen LogP contribution in [-0.2, 0) is 11.3 Å². The van der Waals surface area contributed by atoms with Gasteiger partial charge in [-0.05, 0) is 48.9 Å².